The third-order valence-electron chi connectivity index (χ3n) is 2.15. The largest absolute Gasteiger partial charge is 0.316 e. The van der Waals surface area contributed by atoms with Crippen molar-refractivity contribution in [1.82, 2.24) is 15.1 Å². The third-order valence-corrected chi connectivity index (χ3v) is 2.55. The number of nitrogens with zero attached hydrogens (tertiary/aromatic N) is 2. The molecule has 0 spiro atoms. The molecule has 0 saturated heterocycles. The van der Waals surface area contributed by atoms with E-state index in [-0.39, 0.29) is 0 Å². The van der Waals surface area contributed by atoms with Crippen LogP contribution in [0.5, 0.6) is 0 Å². The van der Waals surface area contributed by atoms with Gasteiger partial charge in [0.25, 0.3) is 0 Å². The molecule has 0 atom stereocenters. The number of aryl methyl sites for hydroxylation is 1. The maximum absolute atomic E-state index is 4.21. The standard InChI is InChI=1S/C11H20BrN3/c1-10(2)7-13-5-3-4-6-15-9-11(12)8-14-15/h8-10,13H,3-7H2,1-2H3. The number of rotatable bonds is 7. The first-order chi connectivity index (χ1) is 7.18. The van der Waals surface area contributed by atoms with Gasteiger partial charge in [-0.3, -0.25) is 4.68 Å². The Balaban J connectivity index is 1.98. The highest BCUT2D eigenvalue weighted by Gasteiger charge is 1.95. The summed E-state index contributed by atoms with van der Waals surface area (Å²) in [6.07, 6.45) is 6.24. The first-order valence-electron chi connectivity index (χ1n) is 5.57. The van der Waals surface area contributed by atoms with Crippen LogP contribution in [-0.2, 0) is 6.54 Å². The molecule has 86 valence electrons. The average Bonchev–Trinajstić information content (AvgIpc) is 2.57. The van der Waals surface area contributed by atoms with Gasteiger partial charge in [-0.1, -0.05) is 13.8 Å². The van der Waals surface area contributed by atoms with Gasteiger partial charge in [0.2, 0.25) is 0 Å². The van der Waals surface area contributed by atoms with Crippen LogP contribution in [0.1, 0.15) is 26.7 Å². The van der Waals surface area contributed by atoms with E-state index in [2.05, 4.69) is 40.2 Å². The second kappa shape index (κ2) is 7.01. The van der Waals surface area contributed by atoms with E-state index in [9.17, 15) is 0 Å². The molecule has 0 aliphatic heterocycles. The Morgan fingerprint density at radius 2 is 2.27 bits per heavy atom. The molecule has 1 rings (SSSR count). The van der Waals surface area contributed by atoms with Gasteiger partial charge in [-0.05, 0) is 47.8 Å². The van der Waals surface area contributed by atoms with Gasteiger partial charge in [0, 0.05) is 12.7 Å². The highest BCUT2D eigenvalue weighted by atomic mass is 79.9. The summed E-state index contributed by atoms with van der Waals surface area (Å²) >= 11 is 3.39. The van der Waals surface area contributed by atoms with Gasteiger partial charge in [-0.15, -0.1) is 0 Å². The van der Waals surface area contributed by atoms with Crippen molar-refractivity contribution in [3.05, 3.63) is 16.9 Å². The number of unbranched alkanes of at least 4 members (excludes halogenated alkanes) is 1. The lowest BCUT2D eigenvalue weighted by Gasteiger charge is -2.06. The number of aromatic nitrogens is 2. The second-order valence-electron chi connectivity index (χ2n) is 4.23. The van der Waals surface area contributed by atoms with E-state index in [0.717, 1.165) is 30.0 Å². The molecule has 0 fully saturated rings. The van der Waals surface area contributed by atoms with Crippen LogP contribution in [0.3, 0.4) is 0 Å². The highest BCUT2D eigenvalue weighted by molar-refractivity contribution is 9.10. The fourth-order valence-electron chi connectivity index (χ4n) is 1.38. The molecular weight excluding hydrogens is 254 g/mol. The molecular formula is C11H20BrN3. The van der Waals surface area contributed by atoms with Crippen LogP contribution in [-0.4, -0.2) is 22.9 Å². The van der Waals surface area contributed by atoms with E-state index in [1.54, 1.807) is 0 Å². The van der Waals surface area contributed by atoms with Crippen molar-refractivity contribution in [2.24, 2.45) is 5.92 Å². The summed E-state index contributed by atoms with van der Waals surface area (Å²) in [6.45, 7) is 7.70. The molecule has 4 heteroatoms. The minimum Gasteiger partial charge on any atom is -0.316 e. The van der Waals surface area contributed by atoms with E-state index in [1.165, 1.54) is 12.8 Å². The Morgan fingerprint density at radius 1 is 1.47 bits per heavy atom. The number of nitrogens with one attached hydrogen (secondary N) is 1. The molecule has 0 bridgehead atoms. The molecule has 1 aromatic rings. The molecule has 0 amide bonds. The van der Waals surface area contributed by atoms with Crippen LogP contribution in [0.4, 0.5) is 0 Å². The molecule has 15 heavy (non-hydrogen) atoms. The molecule has 0 aromatic carbocycles. The van der Waals surface area contributed by atoms with Crippen molar-refractivity contribution in [3.8, 4) is 0 Å². The predicted molar refractivity (Wildman–Crippen MR) is 66.9 cm³/mol. The number of hydrogen-bond acceptors (Lipinski definition) is 2. The zero-order chi connectivity index (χ0) is 11.1. The smallest absolute Gasteiger partial charge is 0.0632 e. The van der Waals surface area contributed by atoms with Crippen molar-refractivity contribution in [2.45, 2.75) is 33.2 Å². The summed E-state index contributed by atoms with van der Waals surface area (Å²) < 4.78 is 3.03. The van der Waals surface area contributed by atoms with Crippen LogP contribution in [0, 0.1) is 5.92 Å². The van der Waals surface area contributed by atoms with Crippen molar-refractivity contribution in [3.63, 3.8) is 0 Å². The van der Waals surface area contributed by atoms with Crippen LogP contribution >= 0.6 is 15.9 Å². The minimum absolute atomic E-state index is 0.743. The van der Waals surface area contributed by atoms with E-state index in [4.69, 9.17) is 0 Å². The summed E-state index contributed by atoms with van der Waals surface area (Å²) in [5.41, 5.74) is 0. The fourth-order valence-corrected chi connectivity index (χ4v) is 1.70. The summed E-state index contributed by atoms with van der Waals surface area (Å²) in [4.78, 5) is 0. The Hall–Kier alpha value is -0.350. The van der Waals surface area contributed by atoms with Gasteiger partial charge in [-0.25, -0.2) is 0 Å². The number of hydrogen-bond donors (Lipinski definition) is 1. The van der Waals surface area contributed by atoms with Crippen molar-refractivity contribution in [2.75, 3.05) is 13.1 Å². The van der Waals surface area contributed by atoms with E-state index in [1.807, 2.05) is 17.1 Å². The minimum atomic E-state index is 0.743. The first kappa shape index (κ1) is 12.7. The quantitative estimate of drug-likeness (QED) is 0.775. The molecule has 1 aromatic heterocycles. The maximum Gasteiger partial charge on any atom is 0.0632 e. The normalized spacial score (nSPS) is 11.2. The number of halogens is 1. The summed E-state index contributed by atoms with van der Waals surface area (Å²) in [5, 5.41) is 7.65. The van der Waals surface area contributed by atoms with Crippen LogP contribution < -0.4 is 5.32 Å². The Kier molecular flexibility index (Phi) is 5.95. The van der Waals surface area contributed by atoms with Gasteiger partial charge in [0.15, 0.2) is 0 Å². The van der Waals surface area contributed by atoms with Crippen molar-refractivity contribution in [1.29, 1.82) is 0 Å². The highest BCUT2D eigenvalue weighted by Crippen LogP contribution is 2.06. The Morgan fingerprint density at radius 3 is 2.87 bits per heavy atom. The molecule has 0 saturated carbocycles. The topological polar surface area (TPSA) is 29.9 Å². The average molecular weight is 274 g/mol. The zero-order valence-electron chi connectivity index (χ0n) is 9.54. The van der Waals surface area contributed by atoms with Gasteiger partial charge in [0.05, 0.1) is 10.7 Å². The van der Waals surface area contributed by atoms with E-state index < -0.39 is 0 Å². The third kappa shape index (κ3) is 5.95. The summed E-state index contributed by atoms with van der Waals surface area (Å²) in [7, 11) is 0. The lowest BCUT2D eigenvalue weighted by molar-refractivity contribution is 0.506. The Labute approximate surface area is 100 Å². The lowest BCUT2D eigenvalue weighted by atomic mass is 10.2. The van der Waals surface area contributed by atoms with E-state index in [0.29, 0.717) is 0 Å². The molecule has 1 heterocycles. The summed E-state index contributed by atoms with van der Waals surface area (Å²) in [6, 6.07) is 0. The Bertz CT molecular complexity index is 271. The van der Waals surface area contributed by atoms with Crippen LogP contribution in [0.25, 0.3) is 0 Å². The molecule has 0 aliphatic rings. The predicted octanol–water partition coefficient (Wildman–Crippen LogP) is 2.67. The molecule has 0 aliphatic carbocycles. The van der Waals surface area contributed by atoms with Crippen LogP contribution in [0.15, 0.2) is 16.9 Å². The van der Waals surface area contributed by atoms with Gasteiger partial charge >= 0.3 is 0 Å². The summed E-state index contributed by atoms with van der Waals surface area (Å²) in [5.74, 6) is 0.743. The molecule has 0 radical (unpaired) electrons. The van der Waals surface area contributed by atoms with E-state index >= 15 is 0 Å². The zero-order valence-corrected chi connectivity index (χ0v) is 11.1. The van der Waals surface area contributed by atoms with Crippen molar-refractivity contribution >= 4 is 15.9 Å². The second-order valence-corrected chi connectivity index (χ2v) is 5.14. The lowest BCUT2D eigenvalue weighted by Crippen LogP contribution is -2.20. The van der Waals surface area contributed by atoms with Gasteiger partial charge in [-0.2, -0.15) is 5.10 Å². The van der Waals surface area contributed by atoms with Gasteiger partial charge in [0.1, 0.15) is 0 Å². The monoisotopic (exact) mass is 273 g/mol. The van der Waals surface area contributed by atoms with Crippen LogP contribution in [0.2, 0.25) is 0 Å². The molecule has 1 N–H and O–H groups in total. The van der Waals surface area contributed by atoms with Gasteiger partial charge < -0.3 is 5.32 Å². The first-order valence-corrected chi connectivity index (χ1v) is 6.36. The fraction of sp³-hybridized carbons (Fsp3) is 0.727. The SMILES string of the molecule is CC(C)CNCCCCn1cc(Br)cn1. The maximum atomic E-state index is 4.21. The van der Waals surface area contributed by atoms with Crippen molar-refractivity contribution < 1.29 is 0 Å². The molecule has 3 nitrogen and oxygen atoms in total. The molecule has 0 unspecified atom stereocenters.